The van der Waals surface area contributed by atoms with Gasteiger partial charge in [0.1, 0.15) is 23.5 Å². The minimum absolute atomic E-state index is 0.0853. The van der Waals surface area contributed by atoms with Gasteiger partial charge in [-0.05, 0) is 45.5 Å². The first kappa shape index (κ1) is 37.5. The number of aryl methyl sites for hydroxylation is 1. The molecule has 1 aromatic carbocycles. The fraction of sp³-hybridized carbons (Fsp3) is 0.703. The number of unbranched alkanes of at least 4 members (excludes halogenated alkanes) is 12. The molecule has 0 aliphatic heterocycles. The maximum Gasteiger partial charge on any atom is 0.220 e. The van der Waals surface area contributed by atoms with Gasteiger partial charge in [0.2, 0.25) is 5.91 Å². The molecule has 0 atom stereocenters. The number of para-hydroxylation sites is 1. The highest BCUT2D eigenvalue weighted by Crippen LogP contribution is 2.28. The van der Waals surface area contributed by atoms with Gasteiger partial charge < -0.3 is 25.5 Å². The van der Waals surface area contributed by atoms with Gasteiger partial charge >= 0.3 is 0 Å². The van der Waals surface area contributed by atoms with E-state index in [1.165, 1.54) is 77.0 Å². The molecule has 258 valence electrons. The number of hydrogen-bond donors (Lipinski definition) is 2. The molecule has 2 heterocycles. The summed E-state index contributed by atoms with van der Waals surface area (Å²) in [5.41, 5.74) is 8.60. The zero-order valence-corrected chi connectivity index (χ0v) is 29.2. The second-order valence-electron chi connectivity index (χ2n) is 12.7. The number of imidazole rings is 1. The Labute approximate surface area is 277 Å². The van der Waals surface area contributed by atoms with Gasteiger partial charge in [-0.2, -0.15) is 4.73 Å². The monoisotopic (exact) mass is 638 g/mol. The van der Waals surface area contributed by atoms with Crippen molar-refractivity contribution in [2.24, 2.45) is 0 Å². The normalized spacial score (nSPS) is 11.7. The Morgan fingerprint density at radius 1 is 0.826 bits per heavy atom. The molecule has 0 aliphatic rings. The number of fused-ring (bicyclic) bond motifs is 3. The molecule has 1 amide bonds. The molecule has 3 aromatic rings. The summed E-state index contributed by atoms with van der Waals surface area (Å²) in [7, 11) is 2.17. The molecule has 3 N–H and O–H groups in total. The molecule has 0 saturated heterocycles. The van der Waals surface area contributed by atoms with Crippen molar-refractivity contribution in [3.05, 3.63) is 30.1 Å². The molecule has 0 aliphatic carbocycles. The fourth-order valence-electron chi connectivity index (χ4n) is 5.94. The summed E-state index contributed by atoms with van der Waals surface area (Å²) in [6.45, 7) is 8.22. The van der Waals surface area contributed by atoms with Gasteiger partial charge in [-0.1, -0.05) is 109 Å². The summed E-state index contributed by atoms with van der Waals surface area (Å²) in [6.07, 6.45) is 20.8. The van der Waals surface area contributed by atoms with Crippen molar-refractivity contribution in [1.29, 1.82) is 0 Å². The first-order valence-electron chi connectivity index (χ1n) is 18.3. The van der Waals surface area contributed by atoms with Crippen LogP contribution in [0.15, 0.2) is 24.3 Å². The third kappa shape index (κ3) is 13.4. The topological polar surface area (TPSA) is 108 Å². The molecular weight excluding hydrogens is 576 g/mol. The third-order valence-electron chi connectivity index (χ3n) is 8.65. The molecular formula is C37H62N6O3. The van der Waals surface area contributed by atoms with Crippen LogP contribution < -0.4 is 15.9 Å². The number of ether oxygens (including phenoxy) is 1. The van der Waals surface area contributed by atoms with Crippen molar-refractivity contribution >= 4 is 33.7 Å². The number of pyridine rings is 1. The van der Waals surface area contributed by atoms with E-state index in [0.717, 1.165) is 61.0 Å². The average Bonchev–Trinajstić information content (AvgIpc) is 3.43. The predicted molar refractivity (Wildman–Crippen MR) is 191 cm³/mol. The Hall–Kier alpha value is -2.91. The minimum atomic E-state index is 0.0853. The van der Waals surface area contributed by atoms with Gasteiger partial charge in [0.25, 0.3) is 0 Å². The highest BCUT2D eigenvalue weighted by Gasteiger charge is 2.18. The maximum absolute atomic E-state index is 12.3. The molecule has 9 nitrogen and oxygen atoms in total. The predicted octanol–water partition coefficient (Wildman–Crippen LogP) is 7.48. The summed E-state index contributed by atoms with van der Waals surface area (Å²) in [5, 5.41) is 3.94. The number of benzene rings is 1. The van der Waals surface area contributed by atoms with E-state index in [-0.39, 0.29) is 5.91 Å². The largest absolute Gasteiger partial charge is 0.410 e. The summed E-state index contributed by atoms with van der Waals surface area (Å²) >= 11 is 0. The van der Waals surface area contributed by atoms with E-state index in [2.05, 4.69) is 36.1 Å². The van der Waals surface area contributed by atoms with E-state index in [9.17, 15) is 4.79 Å². The van der Waals surface area contributed by atoms with Crippen molar-refractivity contribution in [3.63, 3.8) is 0 Å². The highest BCUT2D eigenvalue weighted by molar-refractivity contribution is 6.06. The molecule has 0 radical (unpaired) electrons. The van der Waals surface area contributed by atoms with Crippen LogP contribution in [0.2, 0.25) is 0 Å². The molecule has 46 heavy (non-hydrogen) atoms. The number of rotatable bonds is 27. The number of nitrogens with zero attached hydrogens (tertiary/aromatic N) is 4. The molecule has 0 saturated carbocycles. The fourth-order valence-corrected chi connectivity index (χ4v) is 5.94. The standard InChI is InChI=1S/C37H62N6O3/c1-4-6-8-9-10-11-12-13-14-15-16-19-26-42(3)27-20-24-34(44)39-25-28-45-29-30-46-43-33(23-7-5-2)41-35-36(43)31-21-17-18-22-32(31)40-37(35)38/h17-18,21-22H,4-16,19-20,23-30H2,1-3H3,(H2,38,40)(H,39,44). The summed E-state index contributed by atoms with van der Waals surface area (Å²) < 4.78 is 7.57. The lowest BCUT2D eigenvalue weighted by Crippen LogP contribution is -2.29. The number of nitrogens with one attached hydrogen (secondary N) is 1. The first-order valence-corrected chi connectivity index (χ1v) is 18.3. The molecule has 2 aromatic heterocycles. The van der Waals surface area contributed by atoms with Crippen LogP contribution >= 0.6 is 0 Å². The van der Waals surface area contributed by atoms with Crippen LogP contribution in [-0.4, -0.2) is 72.0 Å². The first-order chi connectivity index (χ1) is 22.5. The summed E-state index contributed by atoms with van der Waals surface area (Å²) in [4.78, 5) is 30.1. The van der Waals surface area contributed by atoms with Crippen molar-refractivity contribution in [1.82, 2.24) is 24.9 Å². The van der Waals surface area contributed by atoms with E-state index < -0.39 is 0 Å². The zero-order chi connectivity index (χ0) is 32.8. The number of hydrogen-bond acceptors (Lipinski definition) is 7. The lowest BCUT2D eigenvalue weighted by molar-refractivity contribution is -0.121. The van der Waals surface area contributed by atoms with Crippen molar-refractivity contribution in [2.45, 2.75) is 123 Å². The Morgan fingerprint density at radius 2 is 1.48 bits per heavy atom. The summed E-state index contributed by atoms with van der Waals surface area (Å²) in [5.74, 6) is 1.34. The number of anilines is 1. The number of aromatic nitrogens is 3. The molecule has 0 fully saturated rings. The van der Waals surface area contributed by atoms with E-state index in [0.29, 0.717) is 44.1 Å². The SMILES string of the molecule is CCCCCCCCCCCCCCN(C)CCCC(=O)NCCOCCOn1c(CCCC)nc2c(N)nc3ccccc3c21. The maximum atomic E-state index is 12.3. The number of nitrogens with two attached hydrogens (primary N) is 1. The van der Waals surface area contributed by atoms with Crippen molar-refractivity contribution in [3.8, 4) is 0 Å². The highest BCUT2D eigenvalue weighted by atomic mass is 16.7. The van der Waals surface area contributed by atoms with Crippen LogP contribution in [0, 0.1) is 0 Å². The van der Waals surface area contributed by atoms with Gasteiger partial charge in [-0.15, -0.1) is 0 Å². The van der Waals surface area contributed by atoms with Crippen LogP contribution in [0.4, 0.5) is 5.82 Å². The molecule has 0 spiro atoms. The van der Waals surface area contributed by atoms with E-state index in [4.69, 9.17) is 20.3 Å². The van der Waals surface area contributed by atoms with Crippen LogP contribution in [-0.2, 0) is 16.0 Å². The Balaban J connectivity index is 1.22. The Morgan fingerprint density at radius 3 is 2.20 bits per heavy atom. The van der Waals surface area contributed by atoms with E-state index in [1.807, 2.05) is 29.0 Å². The molecule has 9 heteroatoms. The van der Waals surface area contributed by atoms with Crippen LogP contribution in [0.1, 0.15) is 122 Å². The average molecular weight is 639 g/mol. The minimum Gasteiger partial charge on any atom is -0.410 e. The van der Waals surface area contributed by atoms with Crippen LogP contribution in [0.25, 0.3) is 21.9 Å². The summed E-state index contributed by atoms with van der Waals surface area (Å²) in [6, 6.07) is 7.90. The third-order valence-corrected chi connectivity index (χ3v) is 8.65. The molecule has 0 unspecified atom stereocenters. The quantitative estimate of drug-likeness (QED) is 0.0834. The van der Waals surface area contributed by atoms with Gasteiger partial charge in [-0.3, -0.25) is 4.79 Å². The lowest BCUT2D eigenvalue weighted by atomic mass is 10.1. The smallest absolute Gasteiger partial charge is 0.220 e. The number of carbonyl (C=O) groups is 1. The second-order valence-corrected chi connectivity index (χ2v) is 12.7. The lowest BCUT2D eigenvalue weighted by Gasteiger charge is -2.16. The second kappa shape index (κ2) is 22.6. The number of amides is 1. The number of nitrogen functional groups attached to an aromatic ring is 1. The Bertz CT molecular complexity index is 1260. The van der Waals surface area contributed by atoms with E-state index in [1.54, 1.807) is 0 Å². The van der Waals surface area contributed by atoms with Gasteiger partial charge in [0.15, 0.2) is 5.82 Å². The van der Waals surface area contributed by atoms with Crippen LogP contribution in [0.3, 0.4) is 0 Å². The van der Waals surface area contributed by atoms with Gasteiger partial charge in [-0.25, -0.2) is 9.97 Å². The molecule has 3 rings (SSSR count). The van der Waals surface area contributed by atoms with Gasteiger partial charge in [0.05, 0.1) is 18.7 Å². The zero-order valence-electron chi connectivity index (χ0n) is 29.2. The van der Waals surface area contributed by atoms with Crippen LogP contribution in [0.5, 0.6) is 0 Å². The van der Waals surface area contributed by atoms with Gasteiger partial charge in [0, 0.05) is 24.8 Å². The van der Waals surface area contributed by atoms with E-state index >= 15 is 0 Å². The molecule has 0 bridgehead atoms. The Kier molecular flexibility index (Phi) is 18.4. The van der Waals surface area contributed by atoms with Crippen molar-refractivity contribution < 1.29 is 14.4 Å². The van der Waals surface area contributed by atoms with Crippen molar-refractivity contribution in [2.75, 3.05) is 52.2 Å². The number of carbonyl (C=O) groups excluding carboxylic acids is 1.